The maximum atomic E-state index is 10.8. The molecule has 1 aromatic heterocycles. The number of carbonyl (C=O) groups is 2. The molecule has 1 aliphatic heterocycles. The summed E-state index contributed by atoms with van der Waals surface area (Å²) in [6.07, 6.45) is 3.11. The fourth-order valence-corrected chi connectivity index (χ4v) is 2.19. The second kappa shape index (κ2) is 6.83. The van der Waals surface area contributed by atoms with E-state index in [1.807, 2.05) is 0 Å². The van der Waals surface area contributed by atoms with E-state index in [4.69, 9.17) is 15.6 Å². The first-order chi connectivity index (χ1) is 12.0. The topological polar surface area (TPSA) is 127 Å². The zero-order chi connectivity index (χ0) is 17.8. The summed E-state index contributed by atoms with van der Waals surface area (Å²) in [7, 11) is 0. The van der Waals surface area contributed by atoms with Crippen molar-refractivity contribution in [2.75, 3.05) is 17.7 Å². The zero-order valence-corrected chi connectivity index (χ0v) is 13.0. The molecule has 3 aromatic rings. The monoisotopic (exact) mass is 338 g/mol. The number of nitrogen functional groups attached to an aromatic ring is 1. The number of amides is 1. The van der Waals surface area contributed by atoms with Gasteiger partial charge in [0.05, 0.1) is 22.3 Å². The quantitative estimate of drug-likeness (QED) is 0.578. The number of nitrogens with two attached hydrogens (primary N) is 1. The Bertz CT molecular complexity index is 958. The molecule has 4 N–H and O–H groups in total. The molecule has 1 aliphatic rings. The minimum absolute atomic E-state index is 0.0659. The molecule has 0 saturated carbocycles. The van der Waals surface area contributed by atoms with Gasteiger partial charge in [-0.15, -0.1) is 0 Å². The Hall–Kier alpha value is -3.68. The van der Waals surface area contributed by atoms with Crippen LogP contribution in [-0.4, -0.2) is 33.6 Å². The van der Waals surface area contributed by atoms with Crippen LogP contribution in [0.15, 0.2) is 48.8 Å². The number of rotatable bonds is 1. The minimum atomic E-state index is -0.951. The number of nitrogens with one attached hydrogen (secondary N) is 1. The van der Waals surface area contributed by atoms with E-state index >= 15 is 0 Å². The van der Waals surface area contributed by atoms with Crippen molar-refractivity contribution in [3.8, 4) is 5.75 Å². The number of fused-ring (bicyclic) bond motifs is 2. The van der Waals surface area contributed by atoms with Gasteiger partial charge in [-0.05, 0) is 30.3 Å². The molecular weight excluding hydrogens is 324 g/mol. The summed E-state index contributed by atoms with van der Waals surface area (Å²) in [4.78, 5) is 29.5. The maximum Gasteiger partial charge on any atom is 0.335 e. The standard InChI is InChI=1S/C9H6N2O2.C8H8N2O2/c12-9(13)6-1-2-7-8(5-6)11-4-3-10-7;9-5-1-2-6-7(3-5)12-4-8(11)10-6/h1-5H,(H,12,13);1-3H,4,9H2,(H,10,11). The molecule has 8 heteroatoms. The number of benzene rings is 2. The third-order valence-electron chi connectivity index (χ3n) is 3.35. The fraction of sp³-hybridized carbons (Fsp3) is 0.0588. The number of anilines is 2. The van der Waals surface area contributed by atoms with E-state index in [0.717, 1.165) is 0 Å². The summed E-state index contributed by atoms with van der Waals surface area (Å²) >= 11 is 0. The number of aromatic carboxylic acids is 1. The van der Waals surface area contributed by atoms with E-state index < -0.39 is 5.97 Å². The van der Waals surface area contributed by atoms with Crippen molar-refractivity contribution in [2.45, 2.75) is 0 Å². The van der Waals surface area contributed by atoms with Crippen LogP contribution < -0.4 is 15.8 Å². The van der Waals surface area contributed by atoms with E-state index in [1.165, 1.54) is 18.3 Å². The van der Waals surface area contributed by atoms with E-state index in [0.29, 0.717) is 28.2 Å². The molecule has 0 spiro atoms. The molecule has 1 amide bonds. The second-order valence-electron chi connectivity index (χ2n) is 5.16. The number of carbonyl (C=O) groups excluding carboxylic acids is 1. The molecule has 0 saturated heterocycles. The molecule has 0 bridgehead atoms. The van der Waals surface area contributed by atoms with E-state index in [-0.39, 0.29) is 18.1 Å². The van der Waals surface area contributed by atoms with Crippen molar-refractivity contribution in [3.05, 3.63) is 54.4 Å². The number of hydrogen-bond donors (Lipinski definition) is 3. The lowest BCUT2D eigenvalue weighted by Crippen LogP contribution is -2.25. The number of aromatic nitrogens is 2. The Morgan fingerprint density at radius 3 is 2.64 bits per heavy atom. The lowest BCUT2D eigenvalue weighted by Gasteiger charge is -2.17. The first-order valence-corrected chi connectivity index (χ1v) is 7.29. The van der Waals surface area contributed by atoms with Gasteiger partial charge in [0.15, 0.2) is 6.61 Å². The van der Waals surface area contributed by atoms with Gasteiger partial charge in [-0.2, -0.15) is 0 Å². The smallest absolute Gasteiger partial charge is 0.335 e. The summed E-state index contributed by atoms with van der Waals surface area (Å²) in [5.74, 6) is -0.450. The molecule has 0 atom stereocenters. The zero-order valence-electron chi connectivity index (χ0n) is 13.0. The third kappa shape index (κ3) is 3.81. The summed E-state index contributed by atoms with van der Waals surface area (Å²) in [6.45, 7) is 0.0659. The highest BCUT2D eigenvalue weighted by atomic mass is 16.5. The van der Waals surface area contributed by atoms with Crippen LogP contribution in [0.5, 0.6) is 5.75 Å². The first-order valence-electron chi connectivity index (χ1n) is 7.29. The molecule has 0 aliphatic carbocycles. The van der Waals surface area contributed by atoms with E-state index in [9.17, 15) is 9.59 Å². The molecule has 4 rings (SSSR count). The SMILES string of the molecule is Nc1ccc2c(c1)OCC(=O)N2.O=C(O)c1ccc2nccnc2c1. The molecule has 2 heterocycles. The van der Waals surface area contributed by atoms with Gasteiger partial charge in [-0.1, -0.05) is 0 Å². The Morgan fingerprint density at radius 2 is 1.88 bits per heavy atom. The van der Waals surface area contributed by atoms with Crippen molar-refractivity contribution in [3.63, 3.8) is 0 Å². The van der Waals surface area contributed by atoms with Gasteiger partial charge in [0.25, 0.3) is 5.91 Å². The largest absolute Gasteiger partial charge is 0.482 e. The van der Waals surface area contributed by atoms with Crippen molar-refractivity contribution in [2.24, 2.45) is 0 Å². The van der Waals surface area contributed by atoms with Crippen LogP contribution in [0.2, 0.25) is 0 Å². The second-order valence-corrected chi connectivity index (χ2v) is 5.16. The molecule has 0 fully saturated rings. The normalized spacial score (nSPS) is 12.2. The van der Waals surface area contributed by atoms with Gasteiger partial charge in [0, 0.05) is 24.1 Å². The summed E-state index contributed by atoms with van der Waals surface area (Å²) in [5, 5.41) is 11.4. The van der Waals surface area contributed by atoms with Gasteiger partial charge in [-0.3, -0.25) is 14.8 Å². The van der Waals surface area contributed by atoms with Crippen LogP contribution in [0.4, 0.5) is 11.4 Å². The Kier molecular flexibility index (Phi) is 4.42. The van der Waals surface area contributed by atoms with Gasteiger partial charge in [0.1, 0.15) is 5.75 Å². The Balaban J connectivity index is 0.000000146. The van der Waals surface area contributed by atoms with Gasteiger partial charge >= 0.3 is 5.97 Å². The molecule has 0 radical (unpaired) electrons. The highest BCUT2D eigenvalue weighted by molar-refractivity contribution is 5.95. The van der Waals surface area contributed by atoms with Crippen molar-refractivity contribution >= 4 is 34.3 Å². The summed E-state index contributed by atoms with van der Waals surface area (Å²) in [6, 6.07) is 9.79. The van der Waals surface area contributed by atoms with Crippen LogP contribution in [0.1, 0.15) is 10.4 Å². The maximum absolute atomic E-state index is 10.8. The highest BCUT2D eigenvalue weighted by Crippen LogP contribution is 2.29. The number of carboxylic acid groups (broad SMARTS) is 1. The minimum Gasteiger partial charge on any atom is -0.482 e. The average Bonchev–Trinajstić information content (AvgIpc) is 2.62. The van der Waals surface area contributed by atoms with Crippen LogP contribution in [0.25, 0.3) is 11.0 Å². The molecule has 0 unspecified atom stereocenters. The van der Waals surface area contributed by atoms with Crippen LogP contribution >= 0.6 is 0 Å². The van der Waals surface area contributed by atoms with Gasteiger partial charge in [-0.25, -0.2) is 4.79 Å². The first kappa shape index (κ1) is 16.2. The van der Waals surface area contributed by atoms with Gasteiger partial charge < -0.3 is 20.9 Å². The Labute approximate surface area is 142 Å². The van der Waals surface area contributed by atoms with Crippen molar-refractivity contribution in [1.82, 2.24) is 9.97 Å². The molecule has 2 aromatic carbocycles. The molecule has 126 valence electrons. The summed E-state index contributed by atoms with van der Waals surface area (Å²) < 4.78 is 5.12. The van der Waals surface area contributed by atoms with Crippen LogP contribution in [-0.2, 0) is 4.79 Å². The molecule has 25 heavy (non-hydrogen) atoms. The molecule has 8 nitrogen and oxygen atoms in total. The number of ether oxygens (including phenoxy) is 1. The van der Waals surface area contributed by atoms with Crippen LogP contribution in [0, 0.1) is 0 Å². The average molecular weight is 338 g/mol. The fourth-order valence-electron chi connectivity index (χ4n) is 2.19. The van der Waals surface area contributed by atoms with E-state index in [2.05, 4.69) is 15.3 Å². The molecular formula is C17H14N4O4. The van der Waals surface area contributed by atoms with Crippen molar-refractivity contribution in [1.29, 1.82) is 0 Å². The lowest BCUT2D eigenvalue weighted by molar-refractivity contribution is -0.118. The van der Waals surface area contributed by atoms with E-state index in [1.54, 1.807) is 30.5 Å². The van der Waals surface area contributed by atoms with Crippen molar-refractivity contribution < 1.29 is 19.4 Å². The number of carboxylic acids is 1. The van der Waals surface area contributed by atoms with Crippen LogP contribution in [0.3, 0.4) is 0 Å². The third-order valence-corrected chi connectivity index (χ3v) is 3.35. The summed E-state index contributed by atoms with van der Waals surface area (Å²) in [5.41, 5.74) is 8.36. The predicted molar refractivity (Wildman–Crippen MR) is 91.5 cm³/mol. The Morgan fingerprint density at radius 1 is 1.12 bits per heavy atom. The highest BCUT2D eigenvalue weighted by Gasteiger charge is 2.14. The number of hydrogen-bond acceptors (Lipinski definition) is 6. The van der Waals surface area contributed by atoms with Gasteiger partial charge in [0.2, 0.25) is 0 Å². The predicted octanol–water partition coefficient (Wildman–Crippen LogP) is 1.93. The number of nitrogens with zero attached hydrogens (tertiary/aromatic N) is 2. The lowest BCUT2D eigenvalue weighted by atomic mass is 10.2.